The number of thiol groups is 1. The predicted molar refractivity (Wildman–Crippen MR) is 39.2 cm³/mol. The van der Waals surface area contributed by atoms with Gasteiger partial charge in [0.1, 0.15) is 5.78 Å². The van der Waals surface area contributed by atoms with Crippen LogP contribution in [0.2, 0.25) is 0 Å². The first-order valence-corrected chi connectivity index (χ1v) is 3.40. The van der Waals surface area contributed by atoms with Crippen molar-refractivity contribution in [1.29, 1.82) is 0 Å². The van der Waals surface area contributed by atoms with Gasteiger partial charge in [-0.05, 0) is 13.3 Å². The average molecular weight is 163 g/mol. The second kappa shape index (κ2) is 5.67. The number of carbonyl (C=O) groups is 1. The summed E-state index contributed by atoms with van der Waals surface area (Å²) in [5.41, 5.74) is 0. The molecule has 0 aliphatic carbocycles. The van der Waals surface area contributed by atoms with Gasteiger partial charge in [0.25, 0.3) is 0 Å². The molecule has 0 rings (SSSR count). The molecule has 60 valence electrons. The van der Waals surface area contributed by atoms with Crippen molar-refractivity contribution < 1.29 is 9.90 Å². The summed E-state index contributed by atoms with van der Waals surface area (Å²) in [6.07, 6.45) is -0.712. The molecule has 0 amide bonds. The molecule has 0 radical (unpaired) electrons. The Morgan fingerprint density at radius 3 is 2.80 bits per heavy atom. The SMILES string of the molecule is CC(=O)CCNC([O-])NS. The van der Waals surface area contributed by atoms with Gasteiger partial charge in [-0.25, -0.2) is 0 Å². The van der Waals surface area contributed by atoms with Crippen LogP contribution >= 0.6 is 12.8 Å². The normalized spacial score (nSPS) is 13.1. The van der Waals surface area contributed by atoms with Crippen LogP contribution in [0.3, 0.4) is 0 Å². The van der Waals surface area contributed by atoms with Crippen molar-refractivity contribution >= 4 is 18.6 Å². The summed E-state index contributed by atoms with van der Waals surface area (Å²) in [5, 5.41) is 13.0. The van der Waals surface area contributed by atoms with E-state index in [1.807, 2.05) is 0 Å². The van der Waals surface area contributed by atoms with Crippen LogP contribution in [-0.2, 0) is 4.79 Å². The van der Waals surface area contributed by atoms with E-state index in [1.54, 1.807) is 0 Å². The molecule has 0 aromatic heterocycles. The third-order valence-corrected chi connectivity index (χ3v) is 1.16. The van der Waals surface area contributed by atoms with Gasteiger partial charge in [0.2, 0.25) is 0 Å². The molecule has 0 saturated carbocycles. The van der Waals surface area contributed by atoms with Crippen molar-refractivity contribution in [2.75, 3.05) is 6.54 Å². The van der Waals surface area contributed by atoms with Crippen molar-refractivity contribution in [2.45, 2.75) is 19.7 Å². The highest BCUT2D eigenvalue weighted by Gasteiger charge is 1.92. The molecule has 1 atom stereocenters. The minimum Gasteiger partial charge on any atom is -0.829 e. The van der Waals surface area contributed by atoms with E-state index in [9.17, 15) is 9.90 Å². The molecule has 0 aromatic carbocycles. The number of ketones is 1. The molecule has 0 bridgehead atoms. The van der Waals surface area contributed by atoms with Crippen molar-refractivity contribution in [1.82, 2.24) is 10.0 Å². The van der Waals surface area contributed by atoms with Gasteiger partial charge in [-0.1, -0.05) is 12.8 Å². The van der Waals surface area contributed by atoms with Gasteiger partial charge in [-0.2, -0.15) is 0 Å². The summed E-state index contributed by atoms with van der Waals surface area (Å²) in [7, 11) is 0. The number of hydrogen-bond acceptors (Lipinski definition) is 5. The molecule has 1 unspecified atom stereocenters. The molecule has 0 aliphatic heterocycles. The zero-order valence-corrected chi connectivity index (χ0v) is 6.65. The van der Waals surface area contributed by atoms with Gasteiger partial charge in [-0.15, -0.1) is 0 Å². The Hall–Kier alpha value is -0.100. The lowest BCUT2D eigenvalue weighted by molar-refractivity contribution is -0.431. The number of hydrogen-bond donors (Lipinski definition) is 3. The number of carbonyl (C=O) groups excluding carboxylic acids is 1. The van der Waals surface area contributed by atoms with E-state index in [1.165, 1.54) is 6.92 Å². The Morgan fingerprint density at radius 2 is 2.40 bits per heavy atom. The average Bonchev–Trinajstić information content (AvgIpc) is 1.87. The maximum Gasteiger partial charge on any atom is 0.131 e. The minimum atomic E-state index is -1.09. The van der Waals surface area contributed by atoms with Gasteiger partial charge in [-0.3, -0.25) is 9.52 Å². The van der Waals surface area contributed by atoms with Crippen molar-refractivity contribution in [3.8, 4) is 0 Å². The second-order valence-electron chi connectivity index (χ2n) is 1.92. The molecule has 2 N–H and O–H groups in total. The van der Waals surface area contributed by atoms with Crippen LogP contribution in [0, 0.1) is 0 Å². The molecule has 0 aliphatic rings. The number of Topliss-reactive ketones (excluding diaryl/α,β-unsaturated/α-hetero) is 1. The zero-order valence-electron chi connectivity index (χ0n) is 5.76. The smallest absolute Gasteiger partial charge is 0.131 e. The highest BCUT2D eigenvalue weighted by atomic mass is 32.1. The Labute approximate surface area is 65.5 Å². The van der Waals surface area contributed by atoms with Crippen molar-refractivity contribution in [2.24, 2.45) is 0 Å². The second-order valence-corrected chi connectivity index (χ2v) is 2.17. The Morgan fingerprint density at radius 1 is 1.80 bits per heavy atom. The minimum absolute atomic E-state index is 0.0684. The molecule has 0 aromatic rings. The molecule has 0 spiro atoms. The predicted octanol–water partition coefficient (Wildman–Crippen LogP) is -1.37. The first kappa shape index (κ1) is 9.90. The van der Waals surface area contributed by atoms with E-state index in [4.69, 9.17) is 0 Å². The Kier molecular flexibility index (Phi) is 5.61. The molecular weight excluding hydrogens is 152 g/mol. The Bertz CT molecular complexity index is 110. The zero-order chi connectivity index (χ0) is 7.98. The summed E-state index contributed by atoms with van der Waals surface area (Å²) in [6, 6.07) is 0. The maximum atomic E-state index is 10.5. The lowest BCUT2D eigenvalue weighted by atomic mass is 10.3. The maximum absolute atomic E-state index is 10.5. The van der Waals surface area contributed by atoms with E-state index < -0.39 is 6.35 Å². The van der Waals surface area contributed by atoms with Crippen molar-refractivity contribution in [3.05, 3.63) is 0 Å². The number of nitrogens with one attached hydrogen (secondary N) is 2. The standard InChI is InChI=1S/C5H11N2O2S/c1-4(8)2-3-6-5(9)7-10/h5-7,10H,2-3H2,1H3/q-1. The monoisotopic (exact) mass is 163 g/mol. The van der Waals surface area contributed by atoms with E-state index >= 15 is 0 Å². The van der Waals surface area contributed by atoms with Crippen LogP contribution in [0.15, 0.2) is 0 Å². The topological polar surface area (TPSA) is 64.2 Å². The fourth-order valence-electron chi connectivity index (χ4n) is 0.425. The van der Waals surface area contributed by atoms with Crippen LogP contribution in [0.25, 0.3) is 0 Å². The first-order chi connectivity index (χ1) is 4.66. The number of rotatable bonds is 5. The summed E-state index contributed by atoms with van der Waals surface area (Å²) in [4.78, 5) is 10.3. The summed E-state index contributed by atoms with van der Waals surface area (Å²) >= 11 is 3.53. The molecule has 10 heavy (non-hydrogen) atoms. The quantitative estimate of drug-likeness (QED) is 0.346. The fraction of sp³-hybridized carbons (Fsp3) is 0.800. The summed E-state index contributed by atoms with van der Waals surface area (Å²) in [5.74, 6) is 0.0684. The molecular formula is C5H11N2O2S-. The van der Waals surface area contributed by atoms with E-state index in [0.29, 0.717) is 13.0 Å². The highest BCUT2D eigenvalue weighted by molar-refractivity contribution is 7.78. The third-order valence-electron chi connectivity index (χ3n) is 0.924. The molecule has 5 heteroatoms. The fourth-order valence-corrected chi connectivity index (χ4v) is 0.516. The van der Waals surface area contributed by atoms with E-state index in [2.05, 4.69) is 22.9 Å². The first-order valence-electron chi connectivity index (χ1n) is 2.95. The van der Waals surface area contributed by atoms with Gasteiger partial charge < -0.3 is 10.4 Å². The molecule has 4 nitrogen and oxygen atoms in total. The third kappa shape index (κ3) is 6.03. The van der Waals surface area contributed by atoms with Gasteiger partial charge in [0.05, 0.1) is 0 Å². The molecule has 0 heterocycles. The van der Waals surface area contributed by atoms with Gasteiger partial charge in [0, 0.05) is 13.0 Å². The van der Waals surface area contributed by atoms with Crippen LogP contribution in [0.4, 0.5) is 0 Å². The van der Waals surface area contributed by atoms with Crippen LogP contribution < -0.4 is 15.1 Å². The lowest BCUT2D eigenvalue weighted by Gasteiger charge is -2.21. The lowest BCUT2D eigenvalue weighted by Crippen LogP contribution is -2.48. The van der Waals surface area contributed by atoms with Crippen LogP contribution in [0.1, 0.15) is 13.3 Å². The molecule has 0 fully saturated rings. The van der Waals surface area contributed by atoms with E-state index in [0.717, 1.165) is 0 Å². The Balaban J connectivity index is 3.11. The molecule has 0 saturated heterocycles. The van der Waals surface area contributed by atoms with E-state index in [-0.39, 0.29) is 5.78 Å². The highest BCUT2D eigenvalue weighted by Crippen LogP contribution is 1.77. The van der Waals surface area contributed by atoms with Gasteiger partial charge >= 0.3 is 0 Å². The van der Waals surface area contributed by atoms with Gasteiger partial charge in [0.15, 0.2) is 0 Å². The van der Waals surface area contributed by atoms with Crippen LogP contribution in [-0.4, -0.2) is 18.7 Å². The largest absolute Gasteiger partial charge is 0.829 e. The summed E-state index contributed by atoms with van der Waals surface area (Å²) < 4.78 is 2.16. The van der Waals surface area contributed by atoms with Crippen molar-refractivity contribution in [3.63, 3.8) is 0 Å². The summed E-state index contributed by atoms with van der Waals surface area (Å²) in [6.45, 7) is 1.88. The van der Waals surface area contributed by atoms with Crippen LogP contribution in [0.5, 0.6) is 0 Å².